The number of fused-ring (bicyclic) bond motifs is 2. The average Bonchev–Trinajstić information content (AvgIpc) is 3.11. The van der Waals surface area contributed by atoms with E-state index in [4.69, 9.17) is 4.74 Å². The van der Waals surface area contributed by atoms with Crippen LogP contribution in [0.2, 0.25) is 0 Å². The molecule has 3 rings (SSSR count). The van der Waals surface area contributed by atoms with Crippen molar-refractivity contribution in [3.05, 3.63) is 10.6 Å². The van der Waals surface area contributed by atoms with E-state index in [2.05, 4.69) is 10.3 Å². The third-order valence-corrected chi connectivity index (χ3v) is 7.85. The van der Waals surface area contributed by atoms with Crippen LogP contribution in [0.15, 0.2) is 0 Å². The Morgan fingerprint density at radius 1 is 1.30 bits per heavy atom. The molecule has 1 saturated carbocycles. The number of thiazole rings is 1. The number of amides is 3. The molecule has 2 heterocycles. The Morgan fingerprint density at radius 3 is 2.67 bits per heavy atom. The van der Waals surface area contributed by atoms with Gasteiger partial charge in [0.15, 0.2) is 5.13 Å². The maximum absolute atomic E-state index is 13.0. The molecule has 9 heteroatoms. The molecule has 1 N–H and O–H groups in total. The van der Waals surface area contributed by atoms with Crippen molar-refractivity contribution >= 4 is 40.2 Å². The smallest absolute Gasteiger partial charge is 0.350 e. The van der Waals surface area contributed by atoms with Gasteiger partial charge in [0.1, 0.15) is 4.88 Å². The van der Waals surface area contributed by atoms with Gasteiger partial charge in [-0.05, 0) is 38.5 Å². The summed E-state index contributed by atoms with van der Waals surface area (Å²) < 4.78 is 4.97. The van der Waals surface area contributed by atoms with Crippen LogP contribution < -0.4 is 5.32 Å². The fraction of sp³-hybridized carbons (Fsp3) is 0.667. The van der Waals surface area contributed by atoms with E-state index < -0.39 is 11.4 Å². The van der Waals surface area contributed by atoms with E-state index in [1.54, 1.807) is 13.8 Å². The highest BCUT2D eigenvalue weighted by atomic mass is 32.1. The molecule has 2 fully saturated rings. The fourth-order valence-electron chi connectivity index (χ4n) is 4.53. The molecule has 2 aliphatic rings. The molecule has 1 aliphatic heterocycles. The van der Waals surface area contributed by atoms with Crippen LogP contribution in [-0.2, 0) is 19.1 Å². The lowest BCUT2D eigenvalue weighted by Gasteiger charge is -2.47. The summed E-state index contributed by atoms with van der Waals surface area (Å²) in [6, 6.07) is 0. The summed E-state index contributed by atoms with van der Waals surface area (Å²) in [6.45, 7) is 9.87. The third-order valence-electron chi connectivity index (χ3n) is 6.80. The van der Waals surface area contributed by atoms with Crippen molar-refractivity contribution in [3.8, 4) is 0 Å². The van der Waals surface area contributed by atoms with E-state index >= 15 is 0 Å². The van der Waals surface area contributed by atoms with Crippen LogP contribution in [0.1, 0.15) is 68.7 Å². The van der Waals surface area contributed by atoms with Crippen LogP contribution in [-0.4, -0.2) is 46.7 Å². The van der Waals surface area contributed by atoms with Crippen molar-refractivity contribution in [3.63, 3.8) is 0 Å². The molecule has 2 unspecified atom stereocenters. The van der Waals surface area contributed by atoms with Crippen LogP contribution in [0.25, 0.3) is 0 Å². The number of anilines is 1. The predicted molar refractivity (Wildman–Crippen MR) is 112 cm³/mol. The summed E-state index contributed by atoms with van der Waals surface area (Å²) in [4.78, 5) is 55.9. The quantitative estimate of drug-likeness (QED) is 0.521. The Hall–Kier alpha value is -2.29. The molecule has 8 nitrogen and oxygen atoms in total. The number of carbonyl (C=O) groups excluding carboxylic acids is 4. The van der Waals surface area contributed by atoms with E-state index in [9.17, 15) is 19.2 Å². The van der Waals surface area contributed by atoms with Gasteiger partial charge < -0.3 is 10.1 Å². The van der Waals surface area contributed by atoms with Crippen LogP contribution in [0.5, 0.6) is 0 Å². The van der Waals surface area contributed by atoms with Gasteiger partial charge in [0, 0.05) is 18.9 Å². The van der Waals surface area contributed by atoms with Gasteiger partial charge in [-0.3, -0.25) is 19.3 Å². The van der Waals surface area contributed by atoms with Crippen molar-refractivity contribution < 1.29 is 23.9 Å². The minimum atomic E-state index is -0.532. The molecule has 0 aromatic carbocycles. The second kappa shape index (κ2) is 8.09. The summed E-state index contributed by atoms with van der Waals surface area (Å²) in [6.07, 6.45) is 1.98. The Bertz CT molecular complexity index is 893. The topological polar surface area (TPSA) is 106 Å². The maximum Gasteiger partial charge on any atom is 0.350 e. The molecule has 3 amide bonds. The van der Waals surface area contributed by atoms with Crippen LogP contribution in [0.4, 0.5) is 5.13 Å². The Balaban J connectivity index is 1.55. The first-order valence-corrected chi connectivity index (χ1v) is 11.1. The Kier molecular flexibility index (Phi) is 6.04. The van der Waals surface area contributed by atoms with Gasteiger partial charge in [-0.1, -0.05) is 32.1 Å². The largest absolute Gasteiger partial charge is 0.462 e. The molecule has 164 valence electrons. The number of hydrogen-bond donors (Lipinski definition) is 1. The lowest BCUT2D eigenvalue weighted by atomic mass is 9.62. The second-order valence-corrected chi connectivity index (χ2v) is 9.74. The minimum Gasteiger partial charge on any atom is -0.462 e. The molecule has 30 heavy (non-hydrogen) atoms. The highest BCUT2D eigenvalue weighted by Crippen LogP contribution is 2.60. The van der Waals surface area contributed by atoms with Crippen LogP contribution in [0.3, 0.4) is 0 Å². The van der Waals surface area contributed by atoms with Gasteiger partial charge in [-0.15, -0.1) is 0 Å². The molecule has 2 atom stereocenters. The molecule has 2 bridgehead atoms. The van der Waals surface area contributed by atoms with E-state index in [0.29, 0.717) is 22.1 Å². The zero-order valence-corrected chi connectivity index (χ0v) is 19.0. The second-order valence-electron chi connectivity index (χ2n) is 8.75. The summed E-state index contributed by atoms with van der Waals surface area (Å²) in [7, 11) is 0. The lowest BCUT2D eigenvalue weighted by Crippen LogP contribution is -2.59. The number of nitrogens with zero attached hydrogens (tertiary/aromatic N) is 2. The molecule has 0 radical (unpaired) electrons. The fourth-order valence-corrected chi connectivity index (χ4v) is 5.40. The zero-order chi connectivity index (χ0) is 22.3. The highest BCUT2D eigenvalue weighted by molar-refractivity contribution is 7.17. The van der Waals surface area contributed by atoms with Crippen molar-refractivity contribution in [1.29, 1.82) is 0 Å². The number of hydrogen-bond acceptors (Lipinski definition) is 7. The summed E-state index contributed by atoms with van der Waals surface area (Å²) in [5.74, 6) is -1.11. The van der Waals surface area contributed by atoms with Crippen LogP contribution in [0, 0.1) is 23.7 Å². The number of carbonyl (C=O) groups is 4. The molecular formula is C21H29N3O5S. The minimum absolute atomic E-state index is 0.116. The third kappa shape index (κ3) is 3.64. The van der Waals surface area contributed by atoms with E-state index in [-0.39, 0.29) is 48.6 Å². The molecule has 0 spiro atoms. The molecule has 1 saturated heterocycles. The number of imide groups is 1. The first-order valence-electron chi connectivity index (χ1n) is 10.3. The molecule has 1 aromatic heterocycles. The first kappa shape index (κ1) is 22.4. The van der Waals surface area contributed by atoms with Crippen molar-refractivity contribution in [1.82, 2.24) is 9.88 Å². The number of esters is 1. The Morgan fingerprint density at radius 2 is 2.00 bits per heavy atom. The Labute approximate surface area is 180 Å². The number of likely N-dealkylation sites (tertiary alicyclic amines) is 1. The molecule has 1 aliphatic carbocycles. The normalized spacial score (nSPS) is 24.8. The van der Waals surface area contributed by atoms with E-state index in [0.717, 1.165) is 24.2 Å². The van der Waals surface area contributed by atoms with Crippen molar-refractivity contribution in [2.45, 2.75) is 60.3 Å². The lowest BCUT2D eigenvalue weighted by molar-refractivity contribution is -0.168. The average molecular weight is 436 g/mol. The number of aromatic nitrogens is 1. The number of aryl methyl sites for hydroxylation is 1. The summed E-state index contributed by atoms with van der Waals surface area (Å²) in [5.41, 5.74) is -0.367. The number of ether oxygens (including phenoxy) is 1. The van der Waals surface area contributed by atoms with Crippen LogP contribution >= 0.6 is 11.3 Å². The van der Waals surface area contributed by atoms with Crippen molar-refractivity contribution in [2.75, 3.05) is 18.5 Å². The first-order chi connectivity index (χ1) is 14.0. The van der Waals surface area contributed by atoms with Gasteiger partial charge in [-0.2, -0.15) is 0 Å². The molecular weight excluding hydrogens is 406 g/mol. The highest BCUT2D eigenvalue weighted by Gasteiger charge is 2.64. The van der Waals surface area contributed by atoms with Gasteiger partial charge in [-0.25, -0.2) is 9.78 Å². The van der Waals surface area contributed by atoms with E-state index in [1.165, 1.54) is 4.90 Å². The standard InChI is InChI=1S/C21H29N3O5S/c1-6-29-17(27)15-12(2)22-19(30-15)23-14(25)8-7-11-24-16(26)13-9-10-21(5,18(24)28)20(13,3)4/h13H,6-11H2,1-5H3,(H,22,23,25). The summed E-state index contributed by atoms with van der Waals surface area (Å²) >= 11 is 1.07. The van der Waals surface area contributed by atoms with Gasteiger partial charge in [0.05, 0.1) is 17.7 Å². The number of piperidine rings is 1. The maximum atomic E-state index is 13.0. The predicted octanol–water partition coefficient (Wildman–Crippen LogP) is 3.16. The summed E-state index contributed by atoms with van der Waals surface area (Å²) in [5, 5.41) is 3.01. The number of rotatable bonds is 7. The SMILES string of the molecule is CCOC(=O)c1sc(NC(=O)CCCN2C(=O)C3CCC(C)(C2=O)C3(C)C)nc1C. The van der Waals surface area contributed by atoms with Gasteiger partial charge >= 0.3 is 5.97 Å². The zero-order valence-electron chi connectivity index (χ0n) is 18.2. The molecule has 1 aromatic rings. The monoisotopic (exact) mass is 435 g/mol. The van der Waals surface area contributed by atoms with E-state index in [1.807, 2.05) is 20.8 Å². The number of nitrogens with one attached hydrogen (secondary N) is 1. The van der Waals surface area contributed by atoms with Gasteiger partial charge in [0.25, 0.3) is 0 Å². The van der Waals surface area contributed by atoms with Gasteiger partial charge in [0.2, 0.25) is 17.7 Å². The van der Waals surface area contributed by atoms with Crippen molar-refractivity contribution in [2.24, 2.45) is 16.7 Å².